The Labute approximate surface area is 95.8 Å². The van der Waals surface area contributed by atoms with E-state index in [-0.39, 0.29) is 0 Å². The first kappa shape index (κ1) is 10.8. The lowest BCUT2D eigenvalue weighted by atomic mass is 10.1. The van der Waals surface area contributed by atoms with Gasteiger partial charge in [0.1, 0.15) is 0 Å². The average Bonchev–Trinajstić information content (AvgIpc) is 2.30. The number of anilines is 1. The maximum atomic E-state index is 6.26. The molecule has 3 heteroatoms. The molecule has 1 aromatic rings. The number of hydrogen-bond acceptors (Lipinski definition) is 2. The molecule has 82 valence electrons. The fourth-order valence-corrected chi connectivity index (χ4v) is 2.15. The maximum Gasteiger partial charge on any atom is 0.0642 e. The van der Waals surface area contributed by atoms with Crippen LogP contribution in [-0.4, -0.2) is 26.3 Å². The van der Waals surface area contributed by atoms with Gasteiger partial charge >= 0.3 is 0 Å². The highest BCUT2D eigenvalue weighted by atomic mass is 35.5. The van der Waals surface area contributed by atoms with E-state index in [9.17, 15) is 0 Å². The standard InChI is InChI=1S/C12H16ClNO/c1-2-10-3-4-12(11(13)9-10)14-5-7-15-8-6-14/h3-4,9H,2,5-8H2,1H3. The van der Waals surface area contributed by atoms with Gasteiger partial charge in [0.2, 0.25) is 0 Å². The van der Waals surface area contributed by atoms with Gasteiger partial charge in [-0.2, -0.15) is 0 Å². The molecule has 0 atom stereocenters. The van der Waals surface area contributed by atoms with Crippen molar-refractivity contribution in [3.8, 4) is 0 Å². The first-order valence-electron chi connectivity index (χ1n) is 5.42. The summed E-state index contributed by atoms with van der Waals surface area (Å²) < 4.78 is 5.32. The molecule has 1 aliphatic heterocycles. The van der Waals surface area contributed by atoms with Gasteiger partial charge in [-0.1, -0.05) is 24.6 Å². The van der Waals surface area contributed by atoms with Crippen LogP contribution in [0.25, 0.3) is 0 Å². The molecule has 0 saturated carbocycles. The number of morpholine rings is 1. The molecule has 0 aliphatic carbocycles. The van der Waals surface area contributed by atoms with Gasteiger partial charge in [-0.15, -0.1) is 0 Å². The molecule has 1 fully saturated rings. The van der Waals surface area contributed by atoms with E-state index in [0.29, 0.717) is 0 Å². The van der Waals surface area contributed by atoms with Crippen LogP contribution in [0.1, 0.15) is 12.5 Å². The van der Waals surface area contributed by atoms with E-state index in [2.05, 4.69) is 30.0 Å². The summed E-state index contributed by atoms with van der Waals surface area (Å²) in [5.41, 5.74) is 2.43. The van der Waals surface area contributed by atoms with Gasteiger partial charge in [0, 0.05) is 13.1 Å². The maximum absolute atomic E-state index is 6.26. The molecule has 1 saturated heterocycles. The molecule has 1 aliphatic rings. The molecule has 0 radical (unpaired) electrons. The molecule has 0 bridgehead atoms. The Balaban J connectivity index is 2.19. The average molecular weight is 226 g/mol. The Morgan fingerprint density at radius 3 is 2.67 bits per heavy atom. The third-order valence-electron chi connectivity index (χ3n) is 2.77. The Kier molecular flexibility index (Phi) is 3.49. The van der Waals surface area contributed by atoms with Crippen LogP contribution in [0.5, 0.6) is 0 Å². The Bertz CT molecular complexity index is 334. The number of hydrogen-bond donors (Lipinski definition) is 0. The van der Waals surface area contributed by atoms with Crippen LogP contribution in [-0.2, 0) is 11.2 Å². The molecular weight excluding hydrogens is 210 g/mol. The number of nitrogens with zero attached hydrogens (tertiary/aromatic N) is 1. The van der Waals surface area contributed by atoms with Crippen LogP contribution >= 0.6 is 11.6 Å². The second kappa shape index (κ2) is 4.86. The van der Waals surface area contributed by atoms with Crippen LogP contribution in [0.2, 0.25) is 5.02 Å². The lowest BCUT2D eigenvalue weighted by Crippen LogP contribution is -2.36. The van der Waals surface area contributed by atoms with E-state index >= 15 is 0 Å². The molecule has 1 heterocycles. The molecule has 0 amide bonds. The van der Waals surface area contributed by atoms with Crippen molar-refractivity contribution in [3.05, 3.63) is 28.8 Å². The van der Waals surface area contributed by atoms with Crippen LogP contribution < -0.4 is 4.90 Å². The number of aryl methyl sites for hydroxylation is 1. The highest BCUT2D eigenvalue weighted by molar-refractivity contribution is 6.33. The van der Waals surface area contributed by atoms with Crippen molar-refractivity contribution < 1.29 is 4.74 Å². The van der Waals surface area contributed by atoms with E-state index in [4.69, 9.17) is 16.3 Å². The summed E-state index contributed by atoms with van der Waals surface area (Å²) in [5.74, 6) is 0. The zero-order valence-electron chi connectivity index (χ0n) is 9.00. The number of ether oxygens (including phenoxy) is 1. The lowest BCUT2D eigenvalue weighted by Gasteiger charge is -2.29. The first-order chi connectivity index (χ1) is 7.31. The number of benzene rings is 1. The molecule has 0 unspecified atom stereocenters. The van der Waals surface area contributed by atoms with Gasteiger partial charge in [-0.25, -0.2) is 0 Å². The SMILES string of the molecule is CCc1ccc(N2CCOCC2)c(Cl)c1. The minimum atomic E-state index is 0.797. The summed E-state index contributed by atoms with van der Waals surface area (Å²) >= 11 is 6.26. The van der Waals surface area contributed by atoms with Gasteiger partial charge < -0.3 is 9.64 Å². The van der Waals surface area contributed by atoms with Crippen molar-refractivity contribution in [1.82, 2.24) is 0 Å². The molecule has 0 aromatic heterocycles. The molecular formula is C12H16ClNO. The molecule has 0 spiro atoms. The van der Waals surface area contributed by atoms with Crippen molar-refractivity contribution in [2.45, 2.75) is 13.3 Å². The summed E-state index contributed by atoms with van der Waals surface area (Å²) in [6.07, 6.45) is 1.03. The van der Waals surface area contributed by atoms with Crippen molar-refractivity contribution in [2.24, 2.45) is 0 Å². The first-order valence-corrected chi connectivity index (χ1v) is 5.80. The molecule has 2 rings (SSSR count). The summed E-state index contributed by atoms with van der Waals surface area (Å²) in [6.45, 7) is 5.61. The smallest absolute Gasteiger partial charge is 0.0642 e. The fraction of sp³-hybridized carbons (Fsp3) is 0.500. The summed E-state index contributed by atoms with van der Waals surface area (Å²) in [4.78, 5) is 2.28. The monoisotopic (exact) mass is 225 g/mol. The quantitative estimate of drug-likeness (QED) is 0.768. The summed E-state index contributed by atoms with van der Waals surface area (Å²) in [6, 6.07) is 6.33. The third-order valence-corrected chi connectivity index (χ3v) is 3.07. The summed E-state index contributed by atoms with van der Waals surface area (Å²) in [5, 5.41) is 0.858. The van der Waals surface area contributed by atoms with Crippen LogP contribution in [0.4, 0.5) is 5.69 Å². The topological polar surface area (TPSA) is 12.5 Å². The van der Waals surface area contributed by atoms with Crippen LogP contribution in [0.15, 0.2) is 18.2 Å². The lowest BCUT2D eigenvalue weighted by molar-refractivity contribution is 0.122. The van der Waals surface area contributed by atoms with Gasteiger partial charge in [-0.05, 0) is 24.1 Å². The van der Waals surface area contributed by atoms with Crippen molar-refractivity contribution in [1.29, 1.82) is 0 Å². The normalized spacial score (nSPS) is 16.8. The predicted molar refractivity (Wildman–Crippen MR) is 63.9 cm³/mol. The number of halogens is 1. The third kappa shape index (κ3) is 2.44. The predicted octanol–water partition coefficient (Wildman–Crippen LogP) is 2.74. The highest BCUT2D eigenvalue weighted by Crippen LogP contribution is 2.27. The molecule has 15 heavy (non-hydrogen) atoms. The van der Waals surface area contributed by atoms with Gasteiger partial charge in [-0.3, -0.25) is 0 Å². The zero-order valence-corrected chi connectivity index (χ0v) is 9.76. The number of rotatable bonds is 2. The van der Waals surface area contributed by atoms with Gasteiger partial charge in [0.25, 0.3) is 0 Å². The Hall–Kier alpha value is -0.730. The van der Waals surface area contributed by atoms with E-state index < -0.39 is 0 Å². The van der Waals surface area contributed by atoms with E-state index in [1.54, 1.807) is 0 Å². The Morgan fingerprint density at radius 1 is 1.33 bits per heavy atom. The second-order valence-electron chi connectivity index (χ2n) is 3.74. The van der Waals surface area contributed by atoms with Crippen molar-refractivity contribution in [2.75, 3.05) is 31.2 Å². The molecule has 2 nitrogen and oxygen atoms in total. The molecule has 1 aromatic carbocycles. The van der Waals surface area contributed by atoms with Crippen LogP contribution in [0, 0.1) is 0 Å². The highest BCUT2D eigenvalue weighted by Gasteiger charge is 2.13. The minimum Gasteiger partial charge on any atom is -0.378 e. The van der Waals surface area contributed by atoms with E-state index in [1.807, 2.05) is 0 Å². The fourth-order valence-electron chi connectivity index (χ4n) is 1.83. The molecule has 0 N–H and O–H groups in total. The van der Waals surface area contributed by atoms with E-state index in [1.165, 1.54) is 5.56 Å². The zero-order chi connectivity index (χ0) is 10.7. The van der Waals surface area contributed by atoms with Gasteiger partial charge in [0.15, 0.2) is 0 Å². The van der Waals surface area contributed by atoms with Crippen LogP contribution in [0.3, 0.4) is 0 Å². The Morgan fingerprint density at radius 2 is 2.07 bits per heavy atom. The van der Waals surface area contributed by atoms with Crippen molar-refractivity contribution >= 4 is 17.3 Å². The summed E-state index contributed by atoms with van der Waals surface area (Å²) in [7, 11) is 0. The van der Waals surface area contributed by atoms with Gasteiger partial charge in [0.05, 0.1) is 23.9 Å². The van der Waals surface area contributed by atoms with Crippen molar-refractivity contribution in [3.63, 3.8) is 0 Å². The minimum absolute atomic E-state index is 0.797. The van der Waals surface area contributed by atoms with E-state index in [0.717, 1.165) is 43.4 Å². The largest absolute Gasteiger partial charge is 0.378 e. The second-order valence-corrected chi connectivity index (χ2v) is 4.15.